The van der Waals surface area contributed by atoms with Gasteiger partial charge in [0, 0.05) is 23.6 Å². The molecule has 0 unspecified atom stereocenters. The minimum absolute atomic E-state index is 0.0791. The zero-order chi connectivity index (χ0) is 25.0. The van der Waals surface area contributed by atoms with Gasteiger partial charge in [0.25, 0.3) is 0 Å². The average Bonchev–Trinajstić information content (AvgIpc) is 3.12. The van der Waals surface area contributed by atoms with Crippen LogP contribution in [-0.4, -0.2) is 43.8 Å². The molecule has 5 rings (SSSR count). The molecule has 8 nitrogen and oxygen atoms in total. The Bertz CT molecular complexity index is 1410. The molecule has 3 heterocycles. The van der Waals surface area contributed by atoms with Gasteiger partial charge in [0.05, 0.1) is 35.1 Å². The number of benzene rings is 2. The van der Waals surface area contributed by atoms with Gasteiger partial charge >= 0.3 is 6.18 Å². The minimum Gasteiger partial charge on any atom is -0.491 e. The first-order valence-corrected chi connectivity index (χ1v) is 12.5. The van der Waals surface area contributed by atoms with E-state index in [1.54, 1.807) is 6.92 Å². The quantitative estimate of drug-likeness (QED) is 0.470. The van der Waals surface area contributed by atoms with Gasteiger partial charge in [-0.3, -0.25) is 4.31 Å². The summed E-state index contributed by atoms with van der Waals surface area (Å²) in [5.41, 5.74) is -0.546. The first-order valence-electron chi connectivity index (χ1n) is 10.9. The SMILES string of the molecule is C[C@H]1Nc2nc(nc3cc(F)c(N4CCCS4(=O)=O)cc23)NCCOc2c1cccc2C(F)(F)F. The van der Waals surface area contributed by atoms with E-state index in [2.05, 4.69) is 20.6 Å². The summed E-state index contributed by atoms with van der Waals surface area (Å²) in [4.78, 5) is 8.73. The van der Waals surface area contributed by atoms with Crippen molar-refractivity contribution in [2.45, 2.75) is 25.6 Å². The molecule has 1 aromatic heterocycles. The molecule has 35 heavy (non-hydrogen) atoms. The molecule has 1 atom stereocenters. The summed E-state index contributed by atoms with van der Waals surface area (Å²) in [5, 5.41) is 6.30. The smallest absolute Gasteiger partial charge is 0.419 e. The molecule has 13 heteroatoms. The molecule has 186 valence electrons. The molecule has 0 amide bonds. The van der Waals surface area contributed by atoms with Gasteiger partial charge in [-0.1, -0.05) is 12.1 Å². The van der Waals surface area contributed by atoms with E-state index in [0.717, 1.165) is 16.4 Å². The maximum Gasteiger partial charge on any atom is 0.419 e. The number of para-hydroxylation sites is 1. The number of anilines is 3. The topological polar surface area (TPSA) is 96.5 Å². The second-order valence-corrected chi connectivity index (χ2v) is 10.3. The van der Waals surface area contributed by atoms with Crippen LogP contribution in [0.15, 0.2) is 30.3 Å². The molecule has 2 aliphatic heterocycles. The predicted octanol–water partition coefficient (Wildman–Crippen LogP) is 4.31. The summed E-state index contributed by atoms with van der Waals surface area (Å²) < 4.78 is 87.3. The van der Waals surface area contributed by atoms with Crippen molar-refractivity contribution in [1.29, 1.82) is 0 Å². The van der Waals surface area contributed by atoms with Gasteiger partial charge in [-0.25, -0.2) is 17.8 Å². The van der Waals surface area contributed by atoms with Crippen molar-refractivity contribution in [3.05, 3.63) is 47.3 Å². The fourth-order valence-corrected chi connectivity index (χ4v) is 5.87. The van der Waals surface area contributed by atoms with E-state index in [1.165, 1.54) is 18.2 Å². The van der Waals surface area contributed by atoms with E-state index < -0.39 is 33.6 Å². The number of nitrogens with one attached hydrogen (secondary N) is 2. The number of aromatic nitrogens is 2. The summed E-state index contributed by atoms with van der Waals surface area (Å²) in [6, 6.07) is 5.58. The number of fused-ring (bicyclic) bond motifs is 5. The molecule has 3 aromatic rings. The van der Waals surface area contributed by atoms with E-state index in [-0.39, 0.29) is 59.7 Å². The Kier molecular flexibility index (Phi) is 5.61. The van der Waals surface area contributed by atoms with Crippen LogP contribution in [-0.2, 0) is 16.2 Å². The molecule has 0 saturated carbocycles. The summed E-state index contributed by atoms with van der Waals surface area (Å²) in [6.07, 6.45) is -4.24. The van der Waals surface area contributed by atoms with Gasteiger partial charge in [0.1, 0.15) is 24.0 Å². The van der Waals surface area contributed by atoms with Crippen molar-refractivity contribution in [3.63, 3.8) is 0 Å². The van der Waals surface area contributed by atoms with Crippen LogP contribution in [0.2, 0.25) is 0 Å². The van der Waals surface area contributed by atoms with Crippen molar-refractivity contribution in [2.75, 3.05) is 40.4 Å². The van der Waals surface area contributed by atoms with Crippen LogP contribution in [0.25, 0.3) is 10.9 Å². The second kappa shape index (κ2) is 8.40. The molecule has 2 aliphatic rings. The second-order valence-electron chi connectivity index (χ2n) is 8.32. The van der Waals surface area contributed by atoms with Crippen LogP contribution in [0.5, 0.6) is 5.75 Å². The third-order valence-corrected chi connectivity index (χ3v) is 7.79. The van der Waals surface area contributed by atoms with Gasteiger partial charge in [-0.05, 0) is 25.5 Å². The number of halogens is 4. The highest BCUT2D eigenvalue weighted by molar-refractivity contribution is 7.93. The Balaban J connectivity index is 1.65. The highest BCUT2D eigenvalue weighted by Crippen LogP contribution is 2.41. The van der Waals surface area contributed by atoms with Crippen molar-refractivity contribution >= 4 is 38.4 Å². The molecule has 0 spiro atoms. The average molecular weight is 512 g/mol. The fourth-order valence-electron chi connectivity index (χ4n) is 4.31. The fraction of sp³-hybridized carbons (Fsp3) is 0.364. The number of ether oxygens (including phenoxy) is 1. The molecule has 2 N–H and O–H groups in total. The normalized spacial score (nSPS) is 19.8. The summed E-state index contributed by atoms with van der Waals surface area (Å²) >= 11 is 0. The molecular weight excluding hydrogens is 490 g/mol. The van der Waals surface area contributed by atoms with Crippen molar-refractivity contribution in [1.82, 2.24) is 9.97 Å². The molecular formula is C22H21F4N5O3S. The minimum atomic E-state index is -4.61. The van der Waals surface area contributed by atoms with Crippen molar-refractivity contribution < 1.29 is 30.7 Å². The van der Waals surface area contributed by atoms with Crippen LogP contribution >= 0.6 is 0 Å². The van der Waals surface area contributed by atoms with Crippen LogP contribution in [0.3, 0.4) is 0 Å². The van der Waals surface area contributed by atoms with Gasteiger partial charge < -0.3 is 15.4 Å². The molecule has 2 bridgehead atoms. The van der Waals surface area contributed by atoms with Gasteiger partial charge in [-0.15, -0.1) is 0 Å². The lowest BCUT2D eigenvalue weighted by molar-refractivity contribution is -0.139. The molecule has 0 radical (unpaired) electrons. The van der Waals surface area contributed by atoms with Crippen molar-refractivity contribution in [2.24, 2.45) is 0 Å². The van der Waals surface area contributed by atoms with E-state index in [9.17, 15) is 26.0 Å². The summed E-state index contributed by atoms with van der Waals surface area (Å²) in [7, 11) is -3.65. The largest absolute Gasteiger partial charge is 0.491 e. The van der Waals surface area contributed by atoms with E-state index >= 15 is 0 Å². The van der Waals surface area contributed by atoms with Gasteiger partial charge in [0.2, 0.25) is 16.0 Å². The lowest BCUT2D eigenvalue weighted by atomic mass is 10.0. The Labute approximate surface area is 198 Å². The molecule has 0 aliphatic carbocycles. The number of hydrogen-bond donors (Lipinski definition) is 2. The standard InChI is InChI=1S/C22H21F4N5O3S/c1-12-13-4-2-5-15(22(24,25)26)19(13)34-8-6-27-21-29-17-11-16(23)18(10-14(17)20(28-12)30-21)31-7-3-9-35(31,32)33/h2,4-5,10-12H,3,6-9H2,1H3,(H2,27,28,29,30)/t12-/m1/s1. The maximum atomic E-state index is 15.0. The Morgan fingerprint density at radius 1 is 1.20 bits per heavy atom. The summed E-state index contributed by atoms with van der Waals surface area (Å²) in [6.45, 7) is 1.80. The third kappa shape index (κ3) is 4.28. The lowest BCUT2D eigenvalue weighted by Crippen LogP contribution is -2.26. The Morgan fingerprint density at radius 2 is 2.00 bits per heavy atom. The first-order chi connectivity index (χ1) is 16.5. The first kappa shape index (κ1) is 23.4. The lowest BCUT2D eigenvalue weighted by Gasteiger charge is -2.22. The number of sulfonamides is 1. The zero-order valence-electron chi connectivity index (χ0n) is 18.5. The molecule has 1 fully saturated rings. The Morgan fingerprint density at radius 3 is 2.71 bits per heavy atom. The number of hydrogen-bond acceptors (Lipinski definition) is 7. The van der Waals surface area contributed by atoms with Crippen LogP contribution in [0.1, 0.15) is 30.5 Å². The third-order valence-electron chi connectivity index (χ3n) is 5.93. The van der Waals surface area contributed by atoms with Crippen LogP contribution in [0.4, 0.5) is 35.0 Å². The zero-order valence-corrected chi connectivity index (χ0v) is 19.3. The van der Waals surface area contributed by atoms with Crippen molar-refractivity contribution in [3.8, 4) is 5.75 Å². The monoisotopic (exact) mass is 511 g/mol. The molecule has 1 saturated heterocycles. The molecule has 2 aromatic carbocycles. The highest BCUT2D eigenvalue weighted by Gasteiger charge is 2.36. The van der Waals surface area contributed by atoms with E-state index in [1.807, 2.05) is 0 Å². The van der Waals surface area contributed by atoms with E-state index in [0.29, 0.717) is 11.8 Å². The van der Waals surface area contributed by atoms with E-state index in [4.69, 9.17) is 4.74 Å². The van der Waals surface area contributed by atoms with Crippen LogP contribution in [0, 0.1) is 5.82 Å². The number of alkyl halides is 3. The Hall–Kier alpha value is -3.35. The highest BCUT2D eigenvalue weighted by atomic mass is 32.2. The predicted molar refractivity (Wildman–Crippen MR) is 123 cm³/mol. The summed E-state index contributed by atoms with van der Waals surface area (Å²) in [5.74, 6) is -0.778. The number of nitrogens with zero attached hydrogens (tertiary/aromatic N) is 3. The van der Waals surface area contributed by atoms with Gasteiger partial charge in [-0.2, -0.15) is 18.2 Å². The number of rotatable bonds is 1. The van der Waals surface area contributed by atoms with Crippen LogP contribution < -0.4 is 19.7 Å². The maximum absolute atomic E-state index is 15.0. The van der Waals surface area contributed by atoms with Gasteiger partial charge in [0.15, 0.2) is 0 Å².